The molecule has 4 aromatic rings. The minimum atomic E-state index is -1.37. The number of hydrogen-bond acceptors (Lipinski definition) is 5. The Morgan fingerprint density at radius 3 is 2.34 bits per heavy atom. The van der Waals surface area contributed by atoms with Gasteiger partial charge in [-0.1, -0.05) is 60.7 Å². The summed E-state index contributed by atoms with van der Waals surface area (Å²) in [5, 5.41) is 9.52. The largest absolute Gasteiger partial charge is 0.483 e. The molecule has 2 aromatic carbocycles. The molecule has 35 heavy (non-hydrogen) atoms. The van der Waals surface area contributed by atoms with E-state index in [0.29, 0.717) is 6.54 Å². The second-order valence-corrected chi connectivity index (χ2v) is 8.71. The molecule has 0 aliphatic carbocycles. The van der Waals surface area contributed by atoms with Crippen LogP contribution >= 0.6 is 0 Å². The van der Waals surface area contributed by atoms with Gasteiger partial charge in [-0.05, 0) is 17.5 Å². The number of ether oxygens (including phenoxy) is 1. The number of aromatic carboxylic acids is 1. The number of carboxylic acid groups (broad SMARTS) is 1. The van der Waals surface area contributed by atoms with Gasteiger partial charge in [0.05, 0.1) is 6.04 Å². The first-order chi connectivity index (χ1) is 17.0. The van der Waals surface area contributed by atoms with Crippen LogP contribution < -0.4 is 15.7 Å². The minimum absolute atomic E-state index is 0.0391. The SMILES string of the molecule is O=C(O)c1cn2ccn(C3CCN(Cc4ccccc4)C3)c(=O)c2c(OCc2ccccc2)c1=O. The Bertz CT molecular complexity index is 1480. The minimum Gasteiger partial charge on any atom is -0.483 e. The van der Waals surface area contributed by atoms with Gasteiger partial charge in [0, 0.05) is 38.2 Å². The summed E-state index contributed by atoms with van der Waals surface area (Å²) in [5.74, 6) is -1.61. The van der Waals surface area contributed by atoms with E-state index < -0.39 is 17.0 Å². The van der Waals surface area contributed by atoms with Crippen molar-refractivity contribution in [3.05, 3.63) is 117 Å². The lowest BCUT2D eigenvalue weighted by molar-refractivity contribution is 0.0694. The predicted octanol–water partition coefficient (Wildman–Crippen LogP) is 3.19. The topological polar surface area (TPSA) is 93.2 Å². The van der Waals surface area contributed by atoms with Gasteiger partial charge >= 0.3 is 5.97 Å². The molecule has 0 amide bonds. The van der Waals surface area contributed by atoms with Crippen molar-refractivity contribution in [1.82, 2.24) is 13.9 Å². The molecule has 2 aromatic heterocycles. The zero-order valence-electron chi connectivity index (χ0n) is 19.0. The molecule has 3 heterocycles. The molecule has 5 rings (SSSR count). The monoisotopic (exact) mass is 471 g/mol. The molecule has 1 unspecified atom stereocenters. The van der Waals surface area contributed by atoms with Gasteiger partial charge in [-0.2, -0.15) is 0 Å². The van der Waals surface area contributed by atoms with E-state index in [1.807, 2.05) is 48.5 Å². The normalized spacial score (nSPS) is 15.9. The number of pyridine rings is 1. The molecule has 1 N–H and O–H groups in total. The summed E-state index contributed by atoms with van der Waals surface area (Å²) in [6.45, 7) is 2.38. The first-order valence-electron chi connectivity index (χ1n) is 11.5. The third-order valence-electron chi connectivity index (χ3n) is 6.36. The number of nitrogens with zero attached hydrogens (tertiary/aromatic N) is 3. The molecule has 1 aliphatic rings. The van der Waals surface area contributed by atoms with E-state index in [2.05, 4.69) is 17.0 Å². The number of rotatable bonds is 7. The van der Waals surface area contributed by atoms with Crippen molar-refractivity contribution >= 4 is 11.5 Å². The number of carboxylic acids is 1. The zero-order chi connectivity index (χ0) is 24.4. The van der Waals surface area contributed by atoms with Crippen LogP contribution in [0.3, 0.4) is 0 Å². The maximum Gasteiger partial charge on any atom is 0.341 e. The maximum absolute atomic E-state index is 13.6. The highest BCUT2D eigenvalue weighted by Gasteiger charge is 2.27. The Morgan fingerprint density at radius 2 is 1.66 bits per heavy atom. The zero-order valence-corrected chi connectivity index (χ0v) is 19.0. The van der Waals surface area contributed by atoms with Crippen molar-refractivity contribution < 1.29 is 14.6 Å². The first kappa shape index (κ1) is 22.6. The van der Waals surface area contributed by atoms with Crippen molar-refractivity contribution in [3.63, 3.8) is 0 Å². The fourth-order valence-electron chi connectivity index (χ4n) is 4.60. The average Bonchev–Trinajstić information content (AvgIpc) is 3.32. The molecule has 0 bridgehead atoms. The molecule has 8 nitrogen and oxygen atoms in total. The lowest BCUT2D eigenvalue weighted by Crippen LogP contribution is -2.31. The molecule has 0 spiro atoms. The van der Waals surface area contributed by atoms with Crippen LogP contribution in [0.5, 0.6) is 5.75 Å². The molecule has 1 atom stereocenters. The third-order valence-corrected chi connectivity index (χ3v) is 6.36. The van der Waals surface area contributed by atoms with Gasteiger partial charge in [-0.3, -0.25) is 14.5 Å². The summed E-state index contributed by atoms with van der Waals surface area (Å²) in [4.78, 5) is 40.6. The Balaban J connectivity index is 1.50. The molecule has 178 valence electrons. The summed E-state index contributed by atoms with van der Waals surface area (Å²) in [5.41, 5.74) is 0.423. The third kappa shape index (κ3) is 4.61. The summed E-state index contributed by atoms with van der Waals surface area (Å²) < 4.78 is 8.82. The van der Waals surface area contributed by atoms with E-state index in [9.17, 15) is 19.5 Å². The molecule has 0 radical (unpaired) electrons. The highest BCUT2D eigenvalue weighted by Crippen LogP contribution is 2.23. The average molecular weight is 472 g/mol. The summed E-state index contributed by atoms with van der Waals surface area (Å²) in [6, 6.07) is 19.3. The molecule has 1 saturated heterocycles. The Labute approximate surface area is 201 Å². The van der Waals surface area contributed by atoms with Gasteiger partial charge in [0.25, 0.3) is 5.56 Å². The molecular weight excluding hydrogens is 446 g/mol. The molecule has 8 heteroatoms. The molecule has 1 fully saturated rings. The van der Waals surface area contributed by atoms with Crippen molar-refractivity contribution in [2.24, 2.45) is 0 Å². The lowest BCUT2D eigenvalue weighted by atomic mass is 10.2. The van der Waals surface area contributed by atoms with Crippen LogP contribution in [-0.2, 0) is 13.2 Å². The van der Waals surface area contributed by atoms with Gasteiger partial charge < -0.3 is 18.8 Å². The second kappa shape index (κ2) is 9.60. The quantitative estimate of drug-likeness (QED) is 0.445. The van der Waals surface area contributed by atoms with E-state index in [1.165, 1.54) is 16.2 Å². The Kier molecular flexibility index (Phi) is 6.20. The van der Waals surface area contributed by atoms with E-state index in [0.717, 1.165) is 25.1 Å². The van der Waals surface area contributed by atoms with E-state index >= 15 is 0 Å². The van der Waals surface area contributed by atoms with Crippen LogP contribution in [0.4, 0.5) is 0 Å². The smallest absolute Gasteiger partial charge is 0.341 e. The highest BCUT2D eigenvalue weighted by atomic mass is 16.5. The van der Waals surface area contributed by atoms with Crippen LogP contribution in [0.25, 0.3) is 5.52 Å². The van der Waals surface area contributed by atoms with Gasteiger partial charge in [0.2, 0.25) is 5.43 Å². The van der Waals surface area contributed by atoms with Crippen LogP contribution in [0, 0.1) is 0 Å². The van der Waals surface area contributed by atoms with E-state index in [1.54, 1.807) is 17.0 Å². The predicted molar refractivity (Wildman–Crippen MR) is 131 cm³/mol. The number of carbonyl (C=O) groups is 1. The van der Waals surface area contributed by atoms with Crippen LogP contribution in [0.2, 0.25) is 0 Å². The summed E-state index contributed by atoms with van der Waals surface area (Å²) >= 11 is 0. The van der Waals surface area contributed by atoms with Gasteiger partial charge in [-0.25, -0.2) is 4.79 Å². The maximum atomic E-state index is 13.6. The molecule has 1 aliphatic heterocycles. The lowest BCUT2D eigenvalue weighted by Gasteiger charge is -2.19. The van der Waals surface area contributed by atoms with E-state index in [4.69, 9.17) is 4.74 Å². The number of fused-ring (bicyclic) bond motifs is 1. The summed E-state index contributed by atoms with van der Waals surface area (Å²) in [7, 11) is 0. The number of likely N-dealkylation sites (tertiary alicyclic amines) is 1. The fraction of sp³-hybridized carbons (Fsp3) is 0.222. The van der Waals surface area contributed by atoms with Gasteiger partial charge in [-0.15, -0.1) is 0 Å². The highest BCUT2D eigenvalue weighted by molar-refractivity contribution is 5.88. The van der Waals surface area contributed by atoms with Crippen molar-refractivity contribution in [1.29, 1.82) is 0 Å². The van der Waals surface area contributed by atoms with Gasteiger partial charge in [0.1, 0.15) is 12.2 Å². The van der Waals surface area contributed by atoms with Gasteiger partial charge in [0.15, 0.2) is 11.3 Å². The number of hydrogen-bond donors (Lipinski definition) is 1. The van der Waals surface area contributed by atoms with Crippen molar-refractivity contribution in [2.45, 2.75) is 25.6 Å². The first-order valence-corrected chi connectivity index (χ1v) is 11.5. The Morgan fingerprint density at radius 1 is 0.971 bits per heavy atom. The number of aromatic nitrogens is 2. The molecule has 0 saturated carbocycles. The van der Waals surface area contributed by atoms with Crippen LogP contribution in [0.1, 0.15) is 33.9 Å². The number of benzene rings is 2. The summed E-state index contributed by atoms with van der Waals surface area (Å²) in [6.07, 6.45) is 5.24. The van der Waals surface area contributed by atoms with E-state index in [-0.39, 0.29) is 29.5 Å². The van der Waals surface area contributed by atoms with Crippen molar-refractivity contribution in [2.75, 3.05) is 13.1 Å². The fourth-order valence-corrected chi connectivity index (χ4v) is 4.60. The standard InChI is InChI=1S/C27H25N3O5/c31-24-22(27(33)34)17-29-13-14-30(21-11-12-28(16-21)15-19-7-3-1-4-8-19)26(32)23(29)25(24)35-18-20-9-5-2-6-10-20/h1-10,13-14,17,21H,11-12,15-16,18H2,(H,33,34). The van der Waals surface area contributed by atoms with Crippen LogP contribution in [-0.4, -0.2) is 38.0 Å². The second-order valence-electron chi connectivity index (χ2n) is 8.71. The van der Waals surface area contributed by atoms with Crippen molar-refractivity contribution in [3.8, 4) is 5.75 Å². The Hall–Kier alpha value is -4.17. The molecular formula is C27H25N3O5. The van der Waals surface area contributed by atoms with Crippen LogP contribution in [0.15, 0.2) is 88.8 Å².